The Morgan fingerprint density at radius 3 is 2.41 bits per heavy atom. The molecule has 0 aliphatic heterocycles. The molecule has 7 heteroatoms. The predicted molar refractivity (Wildman–Crippen MR) is 116 cm³/mol. The molecule has 6 nitrogen and oxygen atoms in total. The number of aryl methyl sites for hydroxylation is 1. The highest BCUT2D eigenvalue weighted by molar-refractivity contribution is 7.19. The Bertz CT molecular complexity index is 968. The smallest absolute Gasteiger partial charge is 0.270 e. The van der Waals surface area contributed by atoms with Gasteiger partial charge in [-0.2, -0.15) is 0 Å². The fraction of sp³-hybridized carbons (Fsp3) is 0.273. The van der Waals surface area contributed by atoms with Gasteiger partial charge in [-0.05, 0) is 42.7 Å². The molecule has 0 fully saturated rings. The van der Waals surface area contributed by atoms with Gasteiger partial charge in [-0.25, -0.2) is 4.98 Å². The van der Waals surface area contributed by atoms with Crippen LogP contribution in [0.4, 0.5) is 5.00 Å². The monoisotopic (exact) mass is 408 g/mol. The largest absolute Gasteiger partial charge is 0.364 e. The van der Waals surface area contributed by atoms with E-state index >= 15 is 0 Å². The van der Waals surface area contributed by atoms with Crippen LogP contribution in [0.5, 0.6) is 0 Å². The van der Waals surface area contributed by atoms with E-state index in [0.29, 0.717) is 15.6 Å². The van der Waals surface area contributed by atoms with E-state index in [4.69, 9.17) is 5.73 Å². The zero-order chi connectivity index (χ0) is 20.6. The molecule has 0 spiro atoms. The highest BCUT2D eigenvalue weighted by Gasteiger charge is 2.19. The SMILES string of the molecule is CCCCCCc1ccc(C(=O)Nc2sc(-c3ccncc3)nc2C(N)=O)cc1. The highest BCUT2D eigenvalue weighted by Crippen LogP contribution is 2.32. The van der Waals surface area contributed by atoms with Crippen molar-refractivity contribution in [2.45, 2.75) is 39.0 Å². The fourth-order valence-electron chi connectivity index (χ4n) is 2.94. The molecular weight excluding hydrogens is 384 g/mol. The van der Waals surface area contributed by atoms with Crippen molar-refractivity contribution in [1.82, 2.24) is 9.97 Å². The van der Waals surface area contributed by atoms with E-state index in [1.165, 1.54) is 36.2 Å². The number of primary amides is 1. The summed E-state index contributed by atoms with van der Waals surface area (Å²) in [4.78, 5) is 32.7. The molecule has 0 saturated carbocycles. The first-order valence-corrected chi connectivity index (χ1v) is 10.5. The summed E-state index contributed by atoms with van der Waals surface area (Å²) in [6.45, 7) is 2.19. The number of thiazole rings is 1. The van der Waals surface area contributed by atoms with Gasteiger partial charge < -0.3 is 11.1 Å². The van der Waals surface area contributed by atoms with Crippen molar-refractivity contribution in [2.24, 2.45) is 5.73 Å². The molecule has 2 aromatic heterocycles. The van der Waals surface area contributed by atoms with E-state index in [1.54, 1.807) is 36.7 Å². The lowest BCUT2D eigenvalue weighted by Crippen LogP contribution is -2.17. The Balaban J connectivity index is 1.71. The van der Waals surface area contributed by atoms with Crippen LogP contribution in [0.25, 0.3) is 10.6 Å². The van der Waals surface area contributed by atoms with Gasteiger partial charge in [0.2, 0.25) is 0 Å². The molecule has 0 aliphatic rings. The van der Waals surface area contributed by atoms with E-state index < -0.39 is 5.91 Å². The summed E-state index contributed by atoms with van der Waals surface area (Å²) in [6.07, 6.45) is 9.13. The average molecular weight is 409 g/mol. The Morgan fingerprint density at radius 1 is 1.03 bits per heavy atom. The van der Waals surface area contributed by atoms with E-state index in [0.717, 1.165) is 18.4 Å². The van der Waals surface area contributed by atoms with Crippen LogP contribution in [0.15, 0.2) is 48.8 Å². The number of hydrogen-bond acceptors (Lipinski definition) is 5. The third-order valence-electron chi connectivity index (χ3n) is 4.55. The van der Waals surface area contributed by atoms with Crippen LogP contribution in [0.3, 0.4) is 0 Å². The topological polar surface area (TPSA) is 98.0 Å². The van der Waals surface area contributed by atoms with Crippen LogP contribution in [0, 0.1) is 0 Å². The Kier molecular flexibility index (Phi) is 7.08. The molecule has 3 N–H and O–H groups in total. The standard InChI is InChI=1S/C22H24N4O2S/c1-2-3-4-5-6-15-7-9-16(10-8-15)20(28)26-22-18(19(23)27)25-21(29-22)17-11-13-24-14-12-17/h7-14H,2-6H2,1H3,(H2,23,27)(H,26,28). The Labute approximate surface area is 174 Å². The molecule has 0 aliphatic carbocycles. The molecule has 0 radical (unpaired) electrons. The van der Waals surface area contributed by atoms with Crippen molar-refractivity contribution < 1.29 is 9.59 Å². The minimum absolute atomic E-state index is 0.0581. The summed E-state index contributed by atoms with van der Waals surface area (Å²) in [7, 11) is 0. The van der Waals surface area contributed by atoms with Crippen molar-refractivity contribution in [2.75, 3.05) is 5.32 Å². The molecule has 3 rings (SSSR count). The maximum absolute atomic E-state index is 12.7. The lowest BCUT2D eigenvalue weighted by molar-refractivity contribution is 0.0997. The summed E-state index contributed by atoms with van der Waals surface area (Å²) >= 11 is 1.21. The van der Waals surface area contributed by atoms with Crippen LogP contribution in [0.1, 0.15) is 59.0 Å². The minimum Gasteiger partial charge on any atom is -0.364 e. The Morgan fingerprint density at radius 2 is 1.76 bits per heavy atom. The lowest BCUT2D eigenvalue weighted by atomic mass is 10.0. The normalized spacial score (nSPS) is 10.7. The molecule has 2 amide bonds. The molecule has 0 unspecified atom stereocenters. The number of benzene rings is 1. The maximum Gasteiger partial charge on any atom is 0.270 e. The van der Waals surface area contributed by atoms with Gasteiger partial charge in [-0.1, -0.05) is 49.7 Å². The van der Waals surface area contributed by atoms with Gasteiger partial charge in [0.25, 0.3) is 11.8 Å². The van der Waals surface area contributed by atoms with Crippen LogP contribution in [-0.4, -0.2) is 21.8 Å². The summed E-state index contributed by atoms with van der Waals surface area (Å²) in [5.74, 6) is -0.978. The number of pyridine rings is 1. The first-order chi connectivity index (χ1) is 14.1. The highest BCUT2D eigenvalue weighted by atomic mass is 32.1. The van der Waals surface area contributed by atoms with Crippen molar-refractivity contribution >= 4 is 28.2 Å². The van der Waals surface area contributed by atoms with Crippen LogP contribution >= 0.6 is 11.3 Å². The number of nitrogens with two attached hydrogens (primary N) is 1. The molecule has 150 valence electrons. The molecule has 1 aromatic carbocycles. The number of carbonyl (C=O) groups is 2. The van der Waals surface area contributed by atoms with Crippen LogP contribution < -0.4 is 11.1 Å². The van der Waals surface area contributed by atoms with Crippen LogP contribution in [0.2, 0.25) is 0 Å². The van der Waals surface area contributed by atoms with Crippen molar-refractivity contribution in [3.8, 4) is 10.6 Å². The van der Waals surface area contributed by atoms with Gasteiger partial charge in [-0.15, -0.1) is 0 Å². The molecule has 0 atom stereocenters. The quantitative estimate of drug-likeness (QED) is 0.502. The summed E-state index contributed by atoms with van der Waals surface area (Å²) in [5, 5.41) is 3.72. The molecule has 3 aromatic rings. The molecule has 29 heavy (non-hydrogen) atoms. The summed E-state index contributed by atoms with van der Waals surface area (Å²) in [5.41, 5.74) is 8.05. The molecule has 0 saturated heterocycles. The minimum atomic E-state index is -0.681. The number of anilines is 1. The number of unbranched alkanes of at least 4 members (excludes halogenated alkanes) is 3. The average Bonchev–Trinajstić information content (AvgIpc) is 3.16. The van der Waals surface area contributed by atoms with E-state index in [9.17, 15) is 9.59 Å². The first kappa shape index (κ1) is 20.7. The van der Waals surface area contributed by atoms with E-state index in [-0.39, 0.29) is 11.6 Å². The second kappa shape index (κ2) is 9.93. The van der Waals surface area contributed by atoms with Crippen molar-refractivity contribution in [3.63, 3.8) is 0 Å². The van der Waals surface area contributed by atoms with Gasteiger partial charge in [0.1, 0.15) is 10.0 Å². The predicted octanol–water partition coefficient (Wildman–Crippen LogP) is 4.68. The number of aromatic nitrogens is 2. The zero-order valence-electron chi connectivity index (χ0n) is 16.4. The summed E-state index contributed by atoms with van der Waals surface area (Å²) < 4.78 is 0. The van der Waals surface area contributed by atoms with Crippen LogP contribution in [-0.2, 0) is 6.42 Å². The van der Waals surface area contributed by atoms with Crippen molar-refractivity contribution in [1.29, 1.82) is 0 Å². The number of hydrogen-bond donors (Lipinski definition) is 2. The Hall–Kier alpha value is -3.06. The van der Waals surface area contributed by atoms with Gasteiger partial charge in [0.05, 0.1) is 0 Å². The maximum atomic E-state index is 12.7. The van der Waals surface area contributed by atoms with Gasteiger partial charge in [0.15, 0.2) is 5.69 Å². The first-order valence-electron chi connectivity index (χ1n) is 9.69. The molecule has 0 bridgehead atoms. The van der Waals surface area contributed by atoms with Crippen molar-refractivity contribution in [3.05, 3.63) is 65.6 Å². The van der Waals surface area contributed by atoms with Gasteiger partial charge in [0, 0.05) is 23.5 Å². The van der Waals surface area contributed by atoms with Gasteiger partial charge in [-0.3, -0.25) is 14.6 Å². The fourth-order valence-corrected chi connectivity index (χ4v) is 3.91. The molecule has 2 heterocycles. The number of nitrogens with zero attached hydrogens (tertiary/aromatic N) is 2. The third-order valence-corrected chi connectivity index (χ3v) is 5.57. The number of nitrogens with one attached hydrogen (secondary N) is 1. The second-order valence-corrected chi connectivity index (χ2v) is 7.76. The number of amides is 2. The van der Waals surface area contributed by atoms with E-state index in [2.05, 4.69) is 22.2 Å². The van der Waals surface area contributed by atoms with E-state index in [1.807, 2.05) is 12.1 Å². The number of carbonyl (C=O) groups excluding carboxylic acids is 2. The third kappa shape index (κ3) is 5.48. The lowest BCUT2D eigenvalue weighted by Gasteiger charge is -2.06. The number of rotatable bonds is 9. The van der Waals surface area contributed by atoms with Gasteiger partial charge >= 0.3 is 0 Å². The molecular formula is C22H24N4O2S. The summed E-state index contributed by atoms with van der Waals surface area (Å²) in [6, 6.07) is 11.1. The second-order valence-electron chi connectivity index (χ2n) is 6.76. The zero-order valence-corrected chi connectivity index (χ0v) is 17.2.